The zero-order valence-electron chi connectivity index (χ0n) is 20.3. The van der Waals surface area contributed by atoms with Gasteiger partial charge in [-0.2, -0.15) is 0 Å². The Morgan fingerprint density at radius 3 is 2.58 bits per heavy atom. The van der Waals surface area contributed by atoms with Crippen molar-refractivity contribution in [2.75, 3.05) is 6.61 Å². The molecule has 7 nitrogen and oxygen atoms in total. The number of ether oxygens (including phenoxy) is 2. The minimum absolute atomic E-state index is 0.0586. The molecule has 3 N–H and O–H groups in total. The molecule has 0 aliphatic carbocycles. The van der Waals surface area contributed by atoms with Gasteiger partial charge in [0, 0.05) is 23.9 Å². The van der Waals surface area contributed by atoms with Gasteiger partial charge >= 0.3 is 5.97 Å². The Balaban J connectivity index is 1.44. The number of aliphatic hydroxyl groups is 1. The maximum atomic E-state index is 15.2. The van der Waals surface area contributed by atoms with E-state index in [1.54, 1.807) is 60.8 Å². The highest BCUT2D eigenvalue weighted by Gasteiger charge is 2.19. The molecule has 0 bridgehead atoms. The summed E-state index contributed by atoms with van der Waals surface area (Å²) in [5.41, 5.74) is 1.86. The SMILES string of the molecule is O=C(O)C(CO)NCc1cccc(O[C@@H](Cl)c2cccnc2OCc2cccc(-c3ccccc3)c2F)c1. The Kier molecular flexibility index (Phi) is 9.26. The van der Waals surface area contributed by atoms with E-state index in [1.807, 2.05) is 30.3 Å². The van der Waals surface area contributed by atoms with Crippen LogP contribution in [0.4, 0.5) is 4.39 Å². The van der Waals surface area contributed by atoms with Gasteiger partial charge in [-0.3, -0.25) is 10.1 Å². The summed E-state index contributed by atoms with van der Waals surface area (Å²) in [5.74, 6) is -0.859. The van der Waals surface area contributed by atoms with Gasteiger partial charge in [0.15, 0.2) is 0 Å². The van der Waals surface area contributed by atoms with Crippen LogP contribution in [0.15, 0.2) is 91.1 Å². The van der Waals surface area contributed by atoms with Gasteiger partial charge in [-0.05, 0) is 35.4 Å². The van der Waals surface area contributed by atoms with Gasteiger partial charge in [-0.1, -0.05) is 72.3 Å². The van der Waals surface area contributed by atoms with Crippen molar-refractivity contribution < 1.29 is 28.9 Å². The number of hydrogen-bond acceptors (Lipinski definition) is 6. The Labute approximate surface area is 224 Å². The van der Waals surface area contributed by atoms with Gasteiger partial charge in [0.1, 0.15) is 24.2 Å². The predicted molar refractivity (Wildman–Crippen MR) is 141 cm³/mol. The number of aliphatic carboxylic acids is 1. The van der Waals surface area contributed by atoms with Crippen LogP contribution in [0.5, 0.6) is 11.6 Å². The first kappa shape index (κ1) is 27.1. The molecular formula is C29H26ClFN2O5. The molecule has 1 heterocycles. The average molecular weight is 537 g/mol. The number of aromatic nitrogens is 1. The summed E-state index contributed by atoms with van der Waals surface area (Å²) in [5, 5.41) is 21.0. The van der Waals surface area contributed by atoms with Crippen LogP contribution in [0.1, 0.15) is 22.3 Å². The number of nitrogens with one attached hydrogen (secondary N) is 1. The van der Waals surface area contributed by atoms with Crippen LogP contribution >= 0.6 is 11.6 Å². The van der Waals surface area contributed by atoms with Gasteiger partial charge in [0.05, 0.1) is 12.2 Å². The van der Waals surface area contributed by atoms with E-state index < -0.39 is 24.2 Å². The monoisotopic (exact) mass is 536 g/mol. The van der Waals surface area contributed by atoms with Crippen molar-refractivity contribution in [3.05, 3.63) is 114 Å². The molecule has 3 aromatic carbocycles. The maximum Gasteiger partial charge on any atom is 0.323 e. The minimum Gasteiger partial charge on any atom is -0.480 e. The minimum atomic E-state index is -1.14. The number of benzene rings is 3. The quantitative estimate of drug-likeness (QED) is 0.211. The molecule has 1 aromatic heterocycles. The molecule has 9 heteroatoms. The second-order valence-corrected chi connectivity index (χ2v) is 8.76. The molecule has 0 radical (unpaired) electrons. The smallest absolute Gasteiger partial charge is 0.323 e. The molecule has 0 aliphatic heterocycles. The lowest BCUT2D eigenvalue weighted by Crippen LogP contribution is -2.39. The van der Waals surface area contributed by atoms with Gasteiger partial charge in [0.25, 0.3) is 0 Å². The number of carboxylic acid groups (broad SMARTS) is 1. The van der Waals surface area contributed by atoms with Crippen LogP contribution in [-0.2, 0) is 17.9 Å². The van der Waals surface area contributed by atoms with Crippen LogP contribution in [-0.4, -0.2) is 33.8 Å². The molecule has 0 saturated carbocycles. The summed E-state index contributed by atoms with van der Waals surface area (Å²) in [6, 6.07) is 23.7. The molecule has 0 saturated heterocycles. The molecule has 4 aromatic rings. The molecule has 0 amide bonds. The molecule has 0 fully saturated rings. The number of carbonyl (C=O) groups is 1. The van der Waals surface area contributed by atoms with Gasteiger partial charge in [-0.15, -0.1) is 0 Å². The fraction of sp³-hybridized carbons (Fsp3) is 0.172. The number of pyridine rings is 1. The first-order chi connectivity index (χ1) is 18.5. The van der Waals surface area contributed by atoms with E-state index in [2.05, 4.69) is 10.3 Å². The van der Waals surface area contributed by atoms with Crippen LogP contribution in [0.25, 0.3) is 11.1 Å². The Hall–Kier alpha value is -3.98. The number of halogens is 2. The largest absolute Gasteiger partial charge is 0.480 e. The standard InChI is InChI=1S/C29H26ClFN2O5/c30-27(38-22-11-4-7-19(15-22)16-33-25(17-34)29(35)36)24-13-6-14-32-28(24)37-18-21-10-5-12-23(26(21)31)20-8-2-1-3-9-20/h1-15,25,27,33-34H,16-18H2,(H,35,36)/t25?,27-/m1/s1. The van der Waals surface area contributed by atoms with E-state index in [4.69, 9.17) is 26.2 Å². The van der Waals surface area contributed by atoms with E-state index >= 15 is 4.39 Å². The van der Waals surface area contributed by atoms with E-state index in [0.29, 0.717) is 22.4 Å². The van der Waals surface area contributed by atoms with Crippen molar-refractivity contribution in [3.63, 3.8) is 0 Å². The maximum absolute atomic E-state index is 15.2. The summed E-state index contributed by atoms with van der Waals surface area (Å²) >= 11 is 6.57. The lowest BCUT2D eigenvalue weighted by atomic mass is 10.0. The number of carboxylic acids is 1. The van der Waals surface area contributed by atoms with E-state index in [1.165, 1.54) is 0 Å². The normalized spacial score (nSPS) is 12.5. The third kappa shape index (κ3) is 6.86. The lowest BCUT2D eigenvalue weighted by molar-refractivity contribution is -0.140. The predicted octanol–water partition coefficient (Wildman–Crippen LogP) is 5.32. The van der Waals surface area contributed by atoms with Gasteiger partial charge in [0.2, 0.25) is 11.4 Å². The zero-order chi connectivity index (χ0) is 26.9. The second-order valence-electron chi connectivity index (χ2n) is 8.37. The Bertz CT molecular complexity index is 1370. The number of aliphatic hydroxyl groups excluding tert-OH is 1. The van der Waals surface area contributed by atoms with Crippen molar-refractivity contribution in [1.29, 1.82) is 0 Å². The van der Waals surface area contributed by atoms with E-state index in [0.717, 1.165) is 11.1 Å². The number of nitrogens with zero attached hydrogens (tertiary/aromatic N) is 1. The summed E-state index contributed by atoms with van der Waals surface area (Å²) in [7, 11) is 0. The van der Waals surface area contributed by atoms with Crippen LogP contribution in [0, 0.1) is 5.82 Å². The third-order valence-electron chi connectivity index (χ3n) is 5.74. The highest BCUT2D eigenvalue weighted by molar-refractivity contribution is 6.20. The lowest BCUT2D eigenvalue weighted by Gasteiger charge is -2.17. The summed E-state index contributed by atoms with van der Waals surface area (Å²) in [6.07, 6.45) is 1.55. The zero-order valence-corrected chi connectivity index (χ0v) is 21.0. The molecular weight excluding hydrogens is 511 g/mol. The van der Waals surface area contributed by atoms with Gasteiger partial charge < -0.3 is 19.7 Å². The molecule has 2 atom stereocenters. The van der Waals surface area contributed by atoms with Crippen molar-refractivity contribution in [2.45, 2.75) is 24.8 Å². The first-order valence-electron chi connectivity index (χ1n) is 11.8. The first-order valence-corrected chi connectivity index (χ1v) is 12.3. The van der Waals surface area contributed by atoms with E-state index in [-0.39, 0.29) is 24.8 Å². The van der Waals surface area contributed by atoms with Crippen LogP contribution in [0.2, 0.25) is 0 Å². The van der Waals surface area contributed by atoms with Crippen molar-refractivity contribution >= 4 is 17.6 Å². The Morgan fingerprint density at radius 1 is 1.03 bits per heavy atom. The van der Waals surface area contributed by atoms with Crippen LogP contribution in [0.3, 0.4) is 0 Å². The topological polar surface area (TPSA) is 101 Å². The number of alkyl halides is 1. The van der Waals surface area contributed by atoms with Crippen molar-refractivity contribution in [1.82, 2.24) is 10.3 Å². The highest BCUT2D eigenvalue weighted by atomic mass is 35.5. The third-order valence-corrected chi connectivity index (χ3v) is 6.07. The second kappa shape index (κ2) is 13.0. The summed E-state index contributed by atoms with van der Waals surface area (Å²) in [4.78, 5) is 15.4. The van der Waals surface area contributed by atoms with Crippen molar-refractivity contribution in [2.24, 2.45) is 0 Å². The fourth-order valence-corrected chi connectivity index (χ4v) is 4.03. The highest BCUT2D eigenvalue weighted by Crippen LogP contribution is 2.32. The van der Waals surface area contributed by atoms with Gasteiger partial charge in [-0.25, -0.2) is 9.37 Å². The molecule has 1 unspecified atom stereocenters. The number of hydrogen-bond donors (Lipinski definition) is 3. The number of rotatable bonds is 12. The fourth-order valence-electron chi connectivity index (χ4n) is 3.76. The molecule has 38 heavy (non-hydrogen) atoms. The summed E-state index contributed by atoms with van der Waals surface area (Å²) < 4.78 is 27.0. The molecule has 0 spiro atoms. The Morgan fingerprint density at radius 2 is 1.82 bits per heavy atom. The summed E-state index contributed by atoms with van der Waals surface area (Å²) in [6.45, 7) is -0.382. The molecule has 196 valence electrons. The van der Waals surface area contributed by atoms with E-state index in [9.17, 15) is 9.90 Å². The van der Waals surface area contributed by atoms with Crippen molar-refractivity contribution in [3.8, 4) is 22.8 Å². The average Bonchev–Trinajstić information content (AvgIpc) is 2.93. The van der Waals surface area contributed by atoms with Crippen LogP contribution < -0.4 is 14.8 Å². The molecule has 0 aliphatic rings. The molecule has 4 rings (SSSR count).